The molecule has 2 rings (SSSR count). The van der Waals surface area contributed by atoms with E-state index < -0.39 is 17.8 Å². The lowest BCUT2D eigenvalue weighted by molar-refractivity contribution is -0.138. The summed E-state index contributed by atoms with van der Waals surface area (Å²) in [6.07, 6.45) is 0.0565. The van der Waals surface area contributed by atoms with Crippen molar-refractivity contribution in [3.8, 4) is 0 Å². The Labute approximate surface area is 121 Å². The topological polar surface area (TPSA) is 37.8 Å². The summed E-state index contributed by atoms with van der Waals surface area (Å²) >= 11 is 0. The van der Waals surface area contributed by atoms with Crippen molar-refractivity contribution < 1.29 is 13.2 Å². The van der Waals surface area contributed by atoms with Crippen LogP contribution in [0.4, 0.5) is 13.2 Å². The van der Waals surface area contributed by atoms with Crippen molar-refractivity contribution in [1.82, 2.24) is 15.3 Å². The summed E-state index contributed by atoms with van der Waals surface area (Å²) in [6.45, 7) is 2.42. The largest absolute Gasteiger partial charge is 0.416 e. The zero-order valence-corrected chi connectivity index (χ0v) is 11.6. The van der Waals surface area contributed by atoms with Crippen LogP contribution in [0.3, 0.4) is 0 Å². The second-order valence-electron chi connectivity index (χ2n) is 4.60. The molecule has 112 valence electrons. The van der Waals surface area contributed by atoms with Gasteiger partial charge < -0.3 is 5.32 Å². The summed E-state index contributed by atoms with van der Waals surface area (Å²) in [5.41, 5.74) is 0.234. The van der Waals surface area contributed by atoms with E-state index in [1.54, 1.807) is 18.3 Å². The van der Waals surface area contributed by atoms with Crippen LogP contribution < -0.4 is 5.32 Å². The van der Waals surface area contributed by atoms with E-state index in [0.29, 0.717) is 13.0 Å². The first-order valence-electron chi connectivity index (χ1n) is 6.66. The molecule has 1 N–H and O–H groups in total. The van der Waals surface area contributed by atoms with Gasteiger partial charge in [0, 0.05) is 36.7 Å². The zero-order chi connectivity index (χ0) is 15.3. The first-order chi connectivity index (χ1) is 10.0. The molecular formula is C15H16F3N3. The van der Waals surface area contributed by atoms with E-state index in [1.165, 1.54) is 6.20 Å². The average Bonchev–Trinajstić information content (AvgIpc) is 2.47. The van der Waals surface area contributed by atoms with E-state index in [4.69, 9.17) is 0 Å². The maximum Gasteiger partial charge on any atom is 0.416 e. The molecule has 0 aliphatic heterocycles. The van der Waals surface area contributed by atoms with Crippen LogP contribution in [-0.2, 0) is 12.6 Å². The van der Waals surface area contributed by atoms with Gasteiger partial charge in [-0.25, -0.2) is 0 Å². The number of rotatable bonds is 5. The number of nitrogens with one attached hydrogen (secondary N) is 1. The van der Waals surface area contributed by atoms with Gasteiger partial charge in [-0.15, -0.1) is 0 Å². The lowest BCUT2D eigenvalue weighted by atomic mass is 9.98. The molecule has 2 aromatic rings. The van der Waals surface area contributed by atoms with Crippen molar-refractivity contribution >= 4 is 0 Å². The Bertz CT molecular complexity index is 570. The Balaban J connectivity index is 2.35. The monoisotopic (exact) mass is 295 g/mol. The first kappa shape index (κ1) is 15.4. The van der Waals surface area contributed by atoms with Gasteiger partial charge in [0.15, 0.2) is 0 Å². The van der Waals surface area contributed by atoms with Crippen molar-refractivity contribution in [2.45, 2.75) is 25.6 Å². The van der Waals surface area contributed by atoms with Crippen LogP contribution in [0.25, 0.3) is 0 Å². The second-order valence-corrected chi connectivity index (χ2v) is 4.60. The lowest BCUT2D eigenvalue weighted by Gasteiger charge is -2.21. The summed E-state index contributed by atoms with van der Waals surface area (Å²) < 4.78 is 39.3. The maximum absolute atomic E-state index is 13.1. The minimum Gasteiger partial charge on any atom is -0.310 e. The van der Waals surface area contributed by atoms with Gasteiger partial charge >= 0.3 is 6.18 Å². The molecule has 0 spiro atoms. The molecule has 2 aromatic heterocycles. The van der Waals surface area contributed by atoms with Gasteiger partial charge in [-0.2, -0.15) is 13.2 Å². The molecule has 0 aliphatic rings. The van der Waals surface area contributed by atoms with Crippen LogP contribution >= 0.6 is 0 Å². The Morgan fingerprint density at radius 1 is 1.19 bits per heavy atom. The van der Waals surface area contributed by atoms with Gasteiger partial charge in [0.25, 0.3) is 0 Å². The summed E-state index contributed by atoms with van der Waals surface area (Å²) in [5, 5.41) is 3.08. The second kappa shape index (κ2) is 6.67. The van der Waals surface area contributed by atoms with Crippen LogP contribution in [0.5, 0.6) is 0 Å². The van der Waals surface area contributed by atoms with Gasteiger partial charge in [0.1, 0.15) is 0 Å². The van der Waals surface area contributed by atoms with Crippen LogP contribution in [0, 0.1) is 0 Å². The molecular weight excluding hydrogens is 279 g/mol. The molecule has 0 saturated carbocycles. The lowest BCUT2D eigenvalue weighted by Crippen LogP contribution is -2.26. The molecule has 6 heteroatoms. The normalized spacial score (nSPS) is 13.1. The molecule has 0 aliphatic carbocycles. The number of hydrogen-bond acceptors (Lipinski definition) is 3. The third-order valence-corrected chi connectivity index (χ3v) is 3.12. The highest BCUT2D eigenvalue weighted by Crippen LogP contribution is 2.34. The van der Waals surface area contributed by atoms with Crippen molar-refractivity contribution in [3.05, 3.63) is 59.7 Å². The van der Waals surface area contributed by atoms with Crippen molar-refractivity contribution in [1.29, 1.82) is 0 Å². The highest BCUT2D eigenvalue weighted by atomic mass is 19.4. The van der Waals surface area contributed by atoms with Gasteiger partial charge in [-0.1, -0.05) is 13.0 Å². The predicted octanol–water partition coefficient (Wildman–Crippen LogP) is 3.39. The van der Waals surface area contributed by atoms with Crippen LogP contribution in [-0.4, -0.2) is 16.5 Å². The molecule has 1 unspecified atom stereocenters. The van der Waals surface area contributed by atoms with E-state index in [2.05, 4.69) is 15.3 Å². The summed E-state index contributed by atoms with van der Waals surface area (Å²) in [4.78, 5) is 8.02. The Morgan fingerprint density at radius 2 is 2.00 bits per heavy atom. The van der Waals surface area contributed by atoms with E-state index in [9.17, 15) is 13.2 Å². The molecule has 0 radical (unpaired) electrons. The summed E-state index contributed by atoms with van der Waals surface area (Å²) in [5.74, 6) is 0. The Kier molecular flexibility index (Phi) is 4.90. The Hall–Kier alpha value is -1.95. The number of halogens is 3. The molecule has 1 atom stereocenters. The predicted molar refractivity (Wildman–Crippen MR) is 73.6 cm³/mol. The Morgan fingerprint density at radius 3 is 2.62 bits per heavy atom. The third-order valence-electron chi connectivity index (χ3n) is 3.12. The standard InChI is InChI=1S/C15H16F3N3/c1-2-20-14(9-11-5-3-4-7-21-11)12-10-19-8-6-13(12)15(16,17)18/h3-8,10,14,20H,2,9H2,1H3. The fraction of sp³-hybridized carbons (Fsp3) is 0.333. The maximum atomic E-state index is 13.1. The number of alkyl halides is 3. The molecule has 2 heterocycles. The van der Waals surface area contributed by atoms with E-state index in [0.717, 1.165) is 18.0 Å². The SMILES string of the molecule is CCNC(Cc1ccccn1)c1cnccc1C(F)(F)F. The smallest absolute Gasteiger partial charge is 0.310 e. The van der Waals surface area contributed by atoms with Crippen molar-refractivity contribution in [3.63, 3.8) is 0 Å². The van der Waals surface area contributed by atoms with Crippen LogP contribution in [0.15, 0.2) is 42.9 Å². The van der Waals surface area contributed by atoms with E-state index >= 15 is 0 Å². The van der Waals surface area contributed by atoms with Crippen molar-refractivity contribution in [2.75, 3.05) is 6.54 Å². The molecule has 0 fully saturated rings. The number of nitrogens with zero attached hydrogens (tertiary/aromatic N) is 2. The van der Waals surface area contributed by atoms with Gasteiger partial charge in [-0.05, 0) is 30.3 Å². The average molecular weight is 295 g/mol. The quantitative estimate of drug-likeness (QED) is 0.919. The highest BCUT2D eigenvalue weighted by Gasteiger charge is 2.35. The van der Waals surface area contributed by atoms with Gasteiger partial charge in [0.05, 0.1) is 5.56 Å². The fourth-order valence-electron chi connectivity index (χ4n) is 2.21. The molecule has 0 aromatic carbocycles. The summed E-state index contributed by atoms with van der Waals surface area (Å²) in [7, 11) is 0. The zero-order valence-electron chi connectivity index (χ0n) is 11.6. The van der Waals surface area contributed by atoms with Gasteiger partial charge in [-0.3, -0.25) is 9.97 Å². The third kappa shape index (κ3) is 4.01. The number of aromatic nitrogens is 2. The van der Waals surface area contributed by atoms with Gasteiger partial charge in [0.2, 0.25) is 0 Å². The van der Waals surface area contributed by atoms with Crippen LogP contribution in [0.1, 0.15) is 29.8 Å². The molecule has 0 bridgehead atoms. The van der Waals surface area contributed by atoms with E-state index in [-0.39, 0.29) is 5.56 Å². The van der Waals surface area contributed by atoms with Crippen molar-refractivity contribution in [2.24, 2.45) is 0 Å². The van der Waals surface area contributed by atoms with E-state index in [1.807, 2.05) is 13.0 Å². The number of pyridine rings is 2. The molecule has 3 nitrogen and oxygen atoms in total. The fourth-order valence-corrected chi connectivity index (χ4v) is 2.21. The highest BCUT2D eigenvalue weighted by molar-refractivity contribution is 5.30. The number of hydrogen-bond donors (Lipinski definition) is 1. The number of likely N-dealkylation sites (N-methyl/N-ethyl adjacent to an activating group) is 1. The molecule has 0 amide bonds. The molecule has 0 saturated heterocycles. The summed E-state index contributed by atoms with van der Waals surface area (Å²) in [6, 6.07) is 5.93. The molecule has 21 heavy (non-hydrogen) atoms. The van der Waals surface area contributed by atoms with Crippen LogP contribution in [0.2, 0.25) is 0 Å². The minimum atomic E-state index is -4.39. The first-order valence-corrected chi connectivity index (χ1v) is 6.66. The minimum absolute atomic E-state index is 0.150.